The van der Waals surface area contributed by atoms with Gasteiger partial charge in [0, 0.05) is 19.0 Å². The fourth-order valence-corrected chi connectivity index (χ4v) is 2.91. The van der Waals surface area contributed by atoms with Crippen LogP contribution >= 0.6 is 0 Å². The Morgan fingerprint density at radius 3 is 2.48 bits per heavy atom. The molecule has 0 radical (unpaired) electrons. The number of aryl methyl sites for hydroxylation is 1. The molecule has 118 valence electrons. The van der Waals surface area contributed by atoms with E-state index in [0.29, 0.717) is 11.6 Å². The summed E-state index contributed by atoms with van der Waals surface area (Å²) >= 11 is 0. The van der Waals surface area contributed by atoms with Gasteiger partial charge in [0.15, 0.2) is 0 Å². The van der Waals surface area contributed by atoms with Gasteiger partial charge in [-0.1, -0.05) is 40.5 Å². The molecule has 1 aliphatic rings. The van der Waals surface area contributed by atoms with E-state index in [4.69, 9.17) is 0 Å². The van der Waals surface area contributed by atoms with E-state index < -0.39 is 0 Å². The Bertz CT molecular complexity index is 491. The van der Waals surface area contributed by atoms with Crippen molar-refractivity contribution < 1.29 is 4.79 Å². The lowest BCUT2D eigenvalue weighted by atomic mass is 9.83. The standard InChI is InChI=1S/C17H29N3O/c1-12-6-8-13(9-7-12)11-18-16(21)14-10-15(17(2,3)4)19-20(14)5/h10,12-13H,6-9,11H2,1-5H3,(H,18,21). The first-order valence-corrected chi connectivity index (χ1v) is 8.10. The van der Waals surface area contributed by atoms with Crippen molar-refractivity contribution in [1.29, 1.82) is 0 Å². The van der Waals surface area contributed by atoms with Gasteiger partial charge in [0.25, 0.3) is 5.91 Å². The van der Waals surface area contributed by atoms with Gasteiger partial charge >= 0.3 is 0 Å². The van der Waals surface area contributed by atoms with Crippen molar-refractivity contribution in [3.8, 4) is 0 Å². The van der Waals surface area contributed by atoms with Crippen molar-refractivity contribution in [2.75, 3.05) is 6.54 Å². The summed E-state index contributed by atoms with van der Waals surface area (Å²) in [5.74, 6) is 1.49. The van der Waals surface area contributed by atoms with E-state index in [9.17, 15) is 4.79 Å². The third-order valence-corrected chi connectivity index (χ3v) is 4.57. The summed E-state index contributed by atoms with van der Waals surface area (Å²) in [6, 6.07) is 1.91. The molecule has 0 aliphatic heterocycles. The van der Waals surface area contributed by atoms with Crippen LogP contribution in [0.3, 0.4) is 0 Å². The van der Waals surface area contributed by atoms with Gasteiger partial charge in [-0.15, -0.1) is 0 Å². The van der Waals surface area contributed by atoms with Gasteiger partial charge in [0.05, 0.1) is 5.69 Å². The van der Waals surface area contributed by atoms with E-state index in [2.05, 4.69) is 38.1 Å². The highest BCUT2D eigenvalue weighted by molar-refractivity contribution is 5.92. The zero-order chi connectivity index (χ0) is 15.6. The van der Waals surface area contributed by atoms with E-state index in [1.807, 2.05) is 13.1 Å². The van der Waals surface area contributed by atoms with Gasteiger partial charge in [-0.2, -0.15) is 5.10 Å². The highest BCUT2D eigenvalue weighted by Crippen LogP contribution is 2.27. The minimum Gasteiger partial charge on any atom is -0.350 e. The largest absolute Gasteiger partial charge is 0.350 e. The van der Waals surface area contributed by atoms with Crippen molar-refractivity contribution in [2.45, 2.75) is 58.8 Å². The maximum atomic E-state index is 12.3. The van der Waals surface area contributed by atoms with Crippen LogP contribution in [-0.2, 0) is 12.5 Å². The van der Waals surface area contributed by atoms with Crippen molar-refractivity contribution in [3.63, 3.8) is 0 Å². The normalized spacial score (nSPS) is 23.1. The molecule has 2 rings (SSSR count). The first-order valence-electron chi connectivity index (χ1n) is 8.10. The SMILES string of the molecule is CC1CCC(CNC(=O)c2cc(C(C)(C)C)nn2C)CC1. The first-order chi connectivity index (χ1) is 9.77. The lowest BCUT2D eigenvalue weighted by Gasteiger charge is -2.26. The molecule has 0 atom stereocenters. The zero-order valence-corrected chi connectivity index (χ0v) is 14.1. The summed E-state index contributed by atoms with van der Waals surface area (Å²) in [5.41, 5.74) is 1.58. The monoisotopic (exact) mass is 291 g/mol. The highest BCUT2D eigenvalue weighted by Gasteiger charge is 2.23. The molecule has 1 aromatic heterocycles. The second-order valence-corrected chi connectivity index (χ2v) is 7.62. The van der Waals surface area contributed by atoms with E-state index in [1.54, 1.807) is 4.68 Å². The van der Waals surface area contributed by atoms with Crippen LogP contribution in [0.4, 0.5) is 0 Å². The van der Waals surface area contributed by atoms with Crippen LogP contribution < -0.4 is 5.32 Å². The molecular weight excluding hydrogens is 262 g/mol. The maximum Gasteiger partial charge on any atom is 0.269 e. The average Bonchev–Trinajstić information content (AvgIpc) is 2.80. The molecule has 1 fully saturated rings. The Balaban J connectivity index is 1.93. The molecule has 0 unspecified atom stereocenters. The summed E-state index contributed by atoms with van der Waals surface area (Å²) in [6.07, 6.45) is 5.06. The predicted octanol–water partition coefficient (Wildman–Crippen LogP) is 3.27. The van der Waals surface area contributed by atoms with Crippen LogP contribution in [0.25, 0.3) is 0 Å². The van der Waals surface area contributed by atoms with Gasteiger partial charge in [-0.05, 0) is 30.7 Å². The third-order valence-electron chi connectivity index (χ3n) is 4.57. The molecule has 1 saturated carbocycles. The minimum absolute atomic E-state index is 0.000813. The van der Waals surface area contributed by atoms with E-state index in [-0.39, 0.29) is 11.3 Å². The number of amides is 1. The highest BCUT2D eigenvalue weighted by atomic mass is 16.2. The average molecular weight is 291 g/mol. The Hall–Kier alpha value is -1.32. The molecule has 1 aromatic rings. The Kier molecular flexibility index (Phi) is 4.74. The number of aromatic nitrogens is 2. The van der Waals surface area contributed by atoms with Gasteiger partial charge < -0.3 is 5.32 Å². The fraction of sp³-hybridized carbons (Fsp3) is 0.765. The molecule has 0 bridgehead atoms. The molecule has 4 heteroatoms. The second kappa shape index (κ2) is 6.20. The van der Waals surface area contributed by atoms with Crippen molar-refractivity contribution in [3.05, 3.63) is 17.5 Å². The summed E-state index contributed by atoms with van der Waals surface area (Å²) in [4.78, 5) is 12.3. The second-order valence-electron chi connectivity index (χ2n) is 7.62. The molecule has 1 aliphatic carbocycles. The van der Waals surface area contributed by atoms with Gasteiger partial charge in [-0.25, -0.2) is 0 Å². The number of carbonyl (C=O) groups is 1. The Morgan fingerprint density at radius 2 is 1.95 bits per heavy atom. The minimum atomic E-state index is -0.0319. The number of rotatable bonds is 3. The quantitative estimate of drug-likeness (QED) is 0.929. The lowest BCUT2D eigenvalue weighted by molar-refractivity contribution is 0.0932. The molecule has 0 saturated heterocycles. The van der Waals surface area contributed by atoms with Crippen molar-refractivity contribution >= 4 is 5.91 Å². The molecule has 1 N–H and O–H groups in total. The van der Waals surface area contributed by atoms with Crippen LogP contribution in [0.15, 0.2) is 6.07 Å². The molecular formula is C17H29N3O. The van der Waals surface area contributed by atoms with Crippen LogP contribution in [0.1, 0.15) is 69.6 Å². The summed E-state index contributed by atoms with van der Waals surface area (Å²) in [5, 5.41) is 7.55. The number of carbonyl (C=O) groups excluding carboxylic acids is 1. The van der Waals surface area contributed by atoms with Gasteiger partial charge in [-0.3, -0.25) is 9.48 Å². The summed E-state index contributed by atoms with van der Waals surface area (Å²) in [6.45, 7) is 9.45. The van der Waals surface area contributed by atoms with E-state index in [0.717, 1.165) is 18.2 Å². The van der Waals surface area contributed by atoms with Crippen molar-refractivity contribution in [2.24, 2.45) is 18.9 Å². The fourth-order valence-electron chi connectivity index (χ4n) is 2.91. The van der Waals surface area contributed by atoms with Gasteiger partial charge in [0.1, 0.15) is 5.69 Å². The summed E-state index contributed by atoms with van der Waals surface area (Å²) in [7, 11) is 1.84. The Morgan fingerprint density at radius 1 is 1.33 bits per heavy atom. The molecule has 0 aromatic carbocycles. The topological polar surface area (TPSA) is 46.9 Å². The van der Waals surface area contributed by atoms with Crippen LogP contribution in [0.2, 0.25) is 0 Å². The molecule has 1 amide bonds. The first kappa shape index (κ1) is 16.1. The number of hydrogen-bond donors (Lipinski definition) is 1. The van der Waals surface area contributed by atoms with Crippen LogP contribution in [0, 0.1) is 11.8 Å². The molecule has 21 heavy (non-hydrogen) atoms. The van der Waals surface area contributed by atoms with Crippen LogP contribution in [0.5, 0.6) is 0 Å². The number of hydrogen-bond acceptors (Lipinski definition) is 2. The third kappa shape index (κ3) is 4.08. The van der Waals surface area contributed by atoms with E-state index >= 15 is 0 Å². The maximum absolute atomic E-state index is 12.3. The van der Waals surface area contributed by atoms with Crippen molar-refractivity contribution in [1.82, 2.24) is 15.1 Å². The molecule has 0 spiro atoms. The van der Waals surface area contributed by atoms with Crippen LogP contribution in [-0.4, -0.2) is 22.2 Å². The molecule has 1 heterocycles. The number of nitrogens with zero attached hydrogens (tertiary/aromatic N) is 2. The van der Waals surface area contributed by atoms with E-state index in [1.165, 1.54) is 25.7 Å². The summed E-state index contributed by atoms with van der Waals surface area (Å²) < 4.78 is 1.69. The number of nitrogens with one attached hydrogen (secondary N) is 1. The Labute approximate surface area is 128 Å². The smallest absolute Gasteiger partial charge is 0.269 e. The lowest BCUT2D eigenvalue weighted by Crippen LogP contribution is -2.32. The molecule has 4 nitrogen and oxygen atoms in total. The zero-order valence-electron chi connectivity index (χ0n) is 14.1. The van der Waals surface area contributed by atoms with Gasteiger partial charge in [0.2, 0.25) is 0 Å². The predicted molar refractivity (Wildman–Crippen MR) is 85.4 cm³/mol.